The zero-order valence-electron chi connectivity index (χ0n) is 11.8. The Labute approximate surface area is 124 Å². The van der Waals surface area contributed by atoms with Crippen LogP contribution in [0.3, 0.4) is 0 Å². The van der Waals surface area contributed by atoms with Crippen LogP contribution in [-0.4, -0.2) is 17.4 Å². The van der Waals surface area contributed by atoms with Crippen molar-refractivity contribution in [1.29, 1.82) is 0 Å². The van der Waals surface area contributed by atoms with Gasteiger partial charge in [-0.05, 0) is 42.5 Å². The van der Waals surface area contributed by atoms with Gasteiger partial charge < -0.3 is 4.74 Å². The number of benzene rings is 1. The fraction of sp³-hybridized carbons (Fsp3) is 0.333. The van der Waals surface area contributed by atoms with Crippen molar-refractivity contribution in [2.24, 2.45) is 5.92 Å². The molecule has 3 heteroatoms. The lowest BCUT2D eigenvalue weighted by Crippen LogP contribution is -2.31. The van der Waals surface area contributed by atoms with Crippen molar-refractivity contribution in [3.8, 4) is 5.75 Å². The number of Topliss-reactive ketones (excluding diaryl/α,β-unsaturated/α-hetero) is 1. The number of rotatable bonds is 2. The van der Waals surface area contributed by atoms with Gasteiger partial charge in [-0.15, -0.1) is 0 Å². The van der Waals surface area contributed by atoms with Crippen molar-refractivity contribution < 1.29 is 9.53 Å². The topological polar surface area (TPSA) is 39.2 Å². The Morgan fingerprint density at radius 1 is 1.14 bits per heavy atom. The van der Waals surface area contributed by atoms with Crippen LogP contribution in [0.25, 0.3) is 0 Å². The summed E-state index contributed by atoms with van der Waals surface area (Å²) in [5.41, 5.74) is 3.36. The first-order valence-corrected chi connectivity index (χ1v) is 7.51. The molecule has 4 rings (SSSR count). The van der Waals surface area contributed by atoms with Crippen molar-refractivity contribution in [3.63, 3.8) is 0 Å². The highest BCUT2D eigenvalue weighted by Crippen LogP contribution is 2.36. The quantitative estimate of drug-likeness (QED) is 0.848. The molecule has 1 aromatic heterocycles. The summed E-state index contributed by atoms with van der Waals surface area (Å²) >= 11 is 0. The third-order valence-electron chi connectivity index (χ3n) is 4.58. The third kappa shape index (κ3) is 2.13. The molecule has 106 valence electrons. The van der Waals surface area contributed by atoms with Crippen LogP contribution < -0.4 is 4.74 Å². The number of fused-ring (bicyclic) bond motifs is 2. The molecule has 2 aliphatic rings. The number of hydrogen-bond donors (Lipinski definition) is 0. The van der Waals surface area contributed by atoms with E-state index in [0.29, 0.717) is 12.4 Å². The number of hydrogen-bond acceptors (Lipinski definition) is 3. The molecule has 21 heavy (non-hydrogen) atoms. The maximum Gasteiger partial charge on any atom is 0.148 e. The van der Waals surface area contributed by atoms with Gasteiger partial charge in [0, 0.05) is 6.20 Å². The van der Waals surface area contributed by atoms with Gasteiger partial charge in [0.25, 0.3) is 0 Å². The maximum atomic E-state index is 12.9. The van der Waals surface area contributed by atoms with Gasteiger partial charge in [0.15, 0.2) is 0 Å². The fourth-order valence-electron chi connectivity index (χ4n) is 3.48. The highest BCUT2D eigenvalue weighted by molar-refractivity contribution is 5.89. The van der Waals surface area contributed by atoms with Crippen LogP contribution in [0, 0.1) is 5.92 Å². The maximum absolute atomic E-state index is 12.9. The van der Waals surface area contributed by atoms with Gasteiger partial charge in [0.2, 0.25) is 0 Å². The summed E-state index contributed by atoms with van der Waals surface area (Å²) in [6.07, 6.45) is 4.43. The van der Waals surface area contributed by atoms with E-state index in [0.717, 1.165) is 36.3 Å². The molecule has 2 heterocycles. The second kappa shape index (κ2) is 4.99. The van der Waals surface area contributed by atoms with Crippen molar-refractivity contribution in [3.05, 3.63) is 59.4 Å². The van der Waals surface area contributed by atoms with E-state index in [1.54, 1.807) is 6.20 Å². The van der Waals surface area contributed by atoms with Crippen LogP contribution >= 0.6 is 0 Å². The number of nitrogens with zero attached hydrogens (tertiary/aromatic N) is 1. The normalized spacial score (nSPS) is 23.0. The Morgan fingerprint density at radius 2 is 2.00 bits per heavy atom. The largest absolute Gasteiger partial charge is 0.493 e. The fourth-order valence-corrected chi connectivity index (χ4v) is 3.48. The second-order valence-electron chi connectivity index (χ2n) is 5.86. The summed E-state index contributed by atoms with van der Waals surface area (Å²) in [4.78, 5) is 17.3. The Hall–Kier alpha value is -2.16. The van der Waals surface area contributed by atoms with E-state index < -0.39 is 0 Å². The molecular weight excluding hydrogens is 262 g/mol. The van der Waals surface area contributed by atoms with E-state index in [1.807, 2.05) is 24.3 Å². The highest BCUT2D eigenvalue weighted by Gasteiger charge is 2.36. The molecule has 2 unspecified atom stereocenters. The molecule has 0 amide bonds. The summed E-state index contributed by atoms with van der Waals surface area (Å²) in [6.45, 7) is 0.495. The molecule has 0 saturated carbocycles. The van der Waals surface area contributed by atoms with Crippen LogP contribution in [0.2, 0.25) is 0 Å². The minimum atomic E-state index is -0.0437. The summed E-state index contributed by atoms with van der Waals surface area (Å²) < 4.78 is 5.76. The molecule has 0 fully saturated rings. The molecule has 3 nitrogen and oxygen atoms in total. The van der Waals surface area contributed by atoms with E-state index in [1.165, 1.54) is 5.56 Å². The number of ether oxygens (including phenoxy) is 1. The molecule has 0 radical (unpaired) electrons. The Bertz CT molecular complexity index is 695. The van der Waals surface area contributed by atoms with Crippen molar-refractivity contribution in [2.45, 2.75) is 25.2 Å². The lowest BCUT2D eigenvalue weighted by molar-refractivity contribution is -0.125. The summed E-state index contributed by atoms with van der Waals surface area (Å²) in [7, 11) is 0. The van der Waals surface area contributed by atoms with Crippen molar-refractivity contribution >= 4 is 5.78 Å². The van der Waals surface area contributed by atoms with E-state index in [9.17, 15) is 4.79 Å². The predicted molar refractivity (Wildman–Crippen MR) is 79.4 cm³/mol. The van der Waals surface area contributed by atoms with Crippen LogP contribution in [0.15, 0.2) is 42.6 Å². The number of pyridine rings is 1. The Balaban J connectivity index is 1.57. The van der Waals surface area contributed by atoms with Crippen molar-refractivity contribution in [2.75, 3.05) is 6.61 Å². The first-order valence-electron chi connectivity index (χ1n) is 7.51. The molecular formula is C18H17NO2. The standard InChI is InChI=1S/C18H17NO2/c20-18(15-8-7-12-5-3-9-19-17(12)15)14-10-13-4-1-2-6-16(13)21-11-14/h1-6,9,14-15H,7-8,10-11H2. The molecule has 1 aromatic carbocycles. The van der Waals surface area contributed by atoms with Gasteiger partial charge >= 0.3 is 0 Å². The summed E-state index contributed by atoms with van der Waals surface area (Å²) in [5.74, 6) is 1.13. The van der Waals surface area contributed by atoms with Gasteiger partial charge in [0.1, 0.15) is 11.5 Å². The van der Waals surface area contributed by atoms with Gasteiger partial charge in [-0.25, -0.2) is 0 Å². The van der Waals surface area contributed by atoms with Gasteiger partial charge in [-0.3, -0.25) is 9.78 Å². The Kier molecular flexibility index (Phi) is 2.99. The molecule has 0 saturated heterocycles. The smallest absolute Gasteiger partial charge is 0.148 e. The minimum absolute atomic E-state index is 0.0416. The van der Waals surface area contributed by atoms with Gasteiger partial charge in [-0.1, -0.05) is 24.3 Å². The number of aromatic nitrogens is 1. The van der Waals surface area contributed by atoms with Crippen LogP contribution in [0.4, 0.5) is 0 Å². The number of carbonyl (C=O) groups is 1. The number of para-hydroxylation sites is 1. The van der Waals surface area contributed by atoms with Crippen LogP contribution in [0.1, 0.15) is 29.2 Å². The third-order valence-corrected chi connectivity index (χ3v) is 4.58. The molecule has 2 atom stereocenters. The van der Waals surface area contributed by atoms with Crippen LogP contribution in [0.5, 0.6) is 5.75 Å². The molecule has 0 spiro atoms. The van der Waals surface area contributed by atoms with Gasteiger partial charge in [0.05, 0.1) is 24.1 Å². The predicted octanol–water partition coefficient (Wildman–Crippen LogP) is 2.93. The van der Waals surface area contributed by atoms with Gasteiger partial charge in [-0.2, -0.15) is 0 Å². The first kappa shape index (κ1) is 12.6. The monoisotopic (exact) mass is 279 g/mol. The lowest BCUT2D eigenvalue weighted by Gasteiger charge is -2.26. The molecule has 2 aromatic rings. The number of carbonyl (C=O) groups excluding carboxylic acids is 1. The number of ketones is 1. The first-order chi connectivity index (χ1) is 10.3. The highest BCUT2D eigenvalue weighted by atomic mass is 16.5. The molecule has 1 aliphatic heterocycles. The zero-order valence-corrected chi connectivity index (χ0v) is 11.8. The number of aryl methyl sites for hydroxylation is 1. The second-order valence-corrected chi connectivity index (χ2v) is 5.86. The molecule has 1 aliphatic carbocycles. The van der Waals surface area contributed by atoms with Crippen molar-refractivity contribution in [1.82, 2.24) is 4.98 Å². The van der Waals surface area contributed by atoms with E-state index in [2.05, 4.69) is 17.1 Å². The van der Waals surface area contributed by atoms with Crippen LogP contribution in [-0.2, 0) is 17.6 Å². The average Bonchev–Trinajstić information content (AvgIpc) is 2.98. The SMILES string of the molecule is O=C(C1COc2ccccc2C1)C1CCc2cccnc21. The lowest BCUT2D eigenvalue weighted by atomic mass is 9.85. The summed E-state index contributed by atoms with van der Waals surface area (Å²) in [5, 5.41) is 0. The van der Waals surface area contributed by atoms with E-state index >= 15 is 0 Å². The molecule has 0 bridgehead atoms. The Morgan fingerprint density at radius 3 is 2.95 bits per heavy atom. The minimum Gasteiger partial charge on any atom is -0.493 e. The average molecular weight is 279 g/mol. The van der Waals surface area contributed by atoms with E-state index in [4.69, 9.17) is 4.74 Å². The zero-order chi connectivity index (χ0) is 14.2. The molecule has 0 N–H and O–H groups in total. The van der Waals surface area contributed by atoms with E-state index in [-0.39, 0.29) is 11.8 Å². The summed E-state index contributed by atoms with van der Waals surface area (Å²) in [6, 6.07) is 12.0.